The van der Waals surface area contributed by atoms with E-state index in [9.17, 15) is 0 Å². The molecule has 0 bridgehead atoms. The van der Waals surface area contributed by atoms with Crippen LogP contribution in [-0.2, 0) is 22.4 Å². The highest BCUT2D eigenvalue weighted by atomic mass is 28.4. The lowest BCUT2D eigenvalue weighted by Crippen LogP contribution is -2.59. The Morgan fingerprint density at radius 1 is 0.727 bits per heavy atom. The predicted octanol–water partition coefficient (Wildman–Crippen LogP) is 4.39. The van der Waals surface area contributed by atoms with Crippen molar-refractivity contribution in [3.05, 3.63) is 12.0 Å². The molecule has 5 nitrogen and oxygen atoms in total. The summed E-state index contributed by atoms with van der Waals surface area (Å²) in [7, 11) is -1.96. The van der Waals surface area contributed by atoms with E-state index in [-0.39, 0.29) is 0 Å². The Hall–Kier alpha value is -0.563. The highest BCUT2D eigenvalue weighted by Crippen LogP contribution is 2.31. The van der Waals surface area contributed by atoms with Crippen LogP contribution in [0, 0.1) is 0 Å². The summed E-state index contributed by atoms with van der Waals surface area (Å²) in [4.78, 5) is 0. The molecule has 0 saturated carbocycles. The Bertz CT molecular complexity index is 331. The molecule has 0 saturated heterocycles. The smallest absolute Gasteiger partial charge is 0.470 e. The molecule has 0 atom stereocenters. The quantitative estimate of drug-likeness (QED) is 0.532. The number of hydrogen-bond acceptors (Lipinski definition) is 5. The van der Waals surface area contributed by atoms with Crippen LogP contribution in [0.4, 0.5) is 0 Å². The van der Waals surface area contributed by atoms with Gasteiger partial charge in [0.05, 0.1) is 23.9 Å². The summed E-state index contributed by atoms with van der Waals surface area (Å²) in [5.41, 5.74) is -1.47. The lowest BCUT2D eigenvalue weighted by atomic mass is 10.2. The molecular weight excluding hydrogens is 300 g/mol. The Balaban J connectivity index is 5.78. The van der Waals surface area contributed by atoms with E-state index in [1.54, 1.807) is 13.2 Å². The van der Waals surface area contributed by atoms with Gasteiger partial charge in [-0.1, -0.05) is 0 Å². The van der Waals surface area contributed by atoms with E-state index >= 15 is 0 Å². The third-order valence-electron chi connectivity index (χ3n) is 1.96. The fourth-order valence-electron chi connectivity index (χ4n) is 1.59. The van der Waals surface area contributed by atoms with Crippen LogP contribution in [0.25, 0.3) is 0 Å². The van der Waals surface area contributed by atoms with Crippen LogP contribution >= 0.6 is 0 Å². The van der Waals surface area contributed by atoms with Gasteiger partial charge in [-0.2, -0.15) is 0 Å². The molecule has 0 heterocycles. The Morgan fingerprint density at radius 2 is 1.05 bits per heavy atom. The highest BCUT2D eigenvalue weighted by Gasteiger charge is 2.57. The zero-order chi connectivity index (χ0) is 17.8. The number of ether oxygens (including phenoxy) is 1. The van der Waals surface area contributed by atoms with Gasteiger partial charge in [-0.3, -0.25) is 0 Å². The zero-order valence-electron chi connectivity index (χ0n) is 16.1. The van der Waals surface area contributed by atoms with E-state index in [1.165, 1.54) is 0 Å². The fraction of sp³-hybridized carbons (Fsp3) is 0.875. The maximum Gasteiger partial charge on any atom is 0.753 e. The number of methoxy groups -OCH3 is 1. The van der Waals surface area contributed by atoms with Gasteiger partial charge in [-0.15, -0.1) is 0 Å². The van der Waals surface area contributed by atoms with Crippen LogP contribution in [0.15, 0.2) is 12.0 Å². The normalized spacial score (nSPS) is 15.0. The van der Waals surface area contributed by atoms with Crippen molar-refractivity contribution in [3.63, 3.8) is 0 Å². The SMILES string of the molecule is CC=C(OC)O[Si](OC(C)(C)C)(OC(C)(C)C)OC(C)(C)C. The molecule has 0 aromatic heterocycles. The van der Waals surface area contributed by atoms with E-state index < -0.39 is 25.9 Å². The van der Waals surface area contributed by atoms with E-state index in [2.05, 4.69) is 0 Å². The first-order chi connectivity index (χ1) is 9.61. The van der Waals surface area contributed by atoms with Gasteiger partial charge in [0.25, 0.3) is 5.95 Å². The van der Waals surface area contributed by atoms with Gasteiger partial charge in [-0.05, 0) is 75.3 Å². The van der Waals surface area contributed by atoms with Crippen LogP contribution in [0.1, 0.15) is 69.2 Å². The molecule has 0 aliphatic rings. The summed E-state index contributed by atoms with van der Waals surface area (Å²) < 4.78 is 29.7. The molecule has 0 N–H and O–H groups in total. The molecule has 0 aromatic carbocycles. The molecule has 132 valence electrons. The maximum atomic E-state index is 6.16. The average molecular weight is 335 g/mol. The van der Waals surface area contributed by atoms with Crippen LogP contribution in [0.5, 0.6) is 0 Å². The lowest BCUT2D eigenvalue weighted by Gasteiger charge is -2.40. The van der Waals surface area contributed by atoms with E-state index in [4.69, 9.17) is 22.4 Å². The molecule has 0 radical (unpaired) electrons. The first-order valence-electron chi connectivity index (χ1n) is 7.61. The van der Waals surface area contributed by atoms with Crippen molar-refractivity contribution in [2.24, 2.45) is 0 Å². The molecule has 0 fully saturated rings. The largest absolute Gasteiger partial charge is 0.753 e. The molecule has 0 unspecified atom stereocenters. The Labute approximate surface area is 137 Å². The second kappa shape index (κ2) is 7.34. The van der Waals surface area contributed by atoms with Gasteiger partial charge in [0, 0.05) is 0 Å². The fourth-order valence-corrected chi connectivity index (χ4v) is 4.54. The predicted molar refractivity (Wildman–Crippen MR) is 90.1 cm³/mol. The minimum absolute atomic E-state index is 0.324. The van der Waals surface area contributed by atoms with Gasteiger partial charge >= 0.3 is 9.05 Å². The summed E-state index contributed by atoms with van der Waals surface area (Å²) in [5.74, 6) is 0.324. The van der Waals surface area contributed by atoms with E-state index in [1.807, 2.05) is 69.2 Å². The average Bonchev–Trinajstić information content (AvgIpc) is 2.17. The van der Waals surface area contributed by atoms with Gasteiger partial charge in [-0.25, -0.2) is 0 Å². The molecule has 0 rings (SSSR count). The maximum absolute atomic E-state index is 6.16. The molecule has 0 aliphatic heterocycles. The summed E-state index contributed by atoms with van der Waals surface area (Å²) in [6, 6.07) is 0. The highest BCUT2D eigenvalue weighted by molar-refractivity contribution is 6.54. The molecular formula is C16H34O5Si. The number of rotatable bonds is 6. The van der Waals surface area contributed by atoms with Gasteiger partial charge < -0.3 is 22.4 Å². The van der Waals surface area contributed by atoms with Gasteiger partial charge in [0.15, 0.2) is 0 Å². The Kier molecular flexibility index (Phi) is 7.15. The van der Waals surface area contributed by atoms with Crippen molar-refractivity contribution in [2.45, 2.75) is 86.0 Å². The molecule has 0 aliphatic carbocycles. The summed E-state index contributed by atoms with van der Waals surface area (Å²) in [6.45, 7) is 19.3. The monoisotopic (exact) mass is 334 g/mol. The second-order valence-corrected chi connectivity index (χ2v) is 9.87. The van der Waals surface area contributed by atoms with Crippen molar-refractivity contribution in [3.8, 4) is 0 Å². The first kappa shape index (κ1) is 21.4. The molecule has 0 spiro atoms. The standard InChI is InChI=1S/C16H34O5Si/c1-12-13(17-11)18-22(19-14(2,3)4,20-15(5,6)7)21-16(8,9)10/h12H,1-11H3. The first-order valence-corrected chi connectivity index (χ1v) is 9.24. The van der Waals surface area contributed by atoms with Crippen LogP contribution in [0.3, 0.4) is 0 Å². The summed E-state index contributed by atoms with van der Waals surface area (Å²) in [6.07, 6.45) is 1.71. The van der Waals surface area contributed by atoms with Gasteiger partial charge in [0.2, 0.25) is 0 Å². The van der Waals surface area contributed by atoms with Crippen LogP contribution < -0.4 is 0 Å². The van der Waals surface area contributed by atoms with Crippen molar-refractivity contribution < 1.29 is 22.4 Å². The molecule has 22 heavy (non-hydrogen) atoms. The minimum Gasteiger partial charge on any atom is -0.470 e. The van der Waals surface area contributed by atoms with Crippen molar-refractivity contribution in [1.82, 2.24) is 0 Å². The molecule has 0 aromatic rings. The summed E-state index contributed by atoms with van der Waals surface area (Å²) >= 11 is 0. The Morgan fingerprint density at radius 3 is 1.23 bits per heavy atom. The minimum atomic E-state index is -3.50. The van der Waals surface area contributed by atoms with Gasteiger partial charge in [0.1, 0.15) is 0 Å². The zero-order valence-corrected chi connectivity index (χ0v) is 17.1. The topological polar surface area (TPSA) is 46.2 Å². The third-order valence-corrected chi connectivity index (χ3v) is 4.99. The number of allylic oxidation sites excluding steroid dienone is 1. The van der Waals surface area contributed by atoms with Crippen LogP contribution in [0.2, 0.25) is 0 Å². The molecule has 6 heteroatoms. The van der Waals surface area contributed by atoms with E-state index in [0.717, 1.165) is 0 Å². The second-order valence-electron chi connectivity index (χ2n) is 8.06. The van der Waals surface area contributed by atoms with E-state index in [0.29, 0.717) is 5.95 Å². The summed E-state index contributed by atoms with van der Waals surface area (Å²) in [5, 5.41) is 0. The third kappa shape index (κ3) is 9.45. The van der Waals surface area contributed by atoms with Crippen molar-refractivity contribution in [2.75, 3.05) is 7.11 Å². The number of hydrogen-bond donors (Lipinski definition) is 0. The van der Waals surface area contributed by atoms with Crippen molar-refractivity contribution in [1.29, 1.82) is 0 Å². The van der Waals surface area contributed by atoms with Crippen molar-refractivity contribution >= 4 is 9.05 Å². The molecule has 0 amide bonds. The van der Waals surface area contributed by atoms with Crippen LogP contribution in [-0.4, -0.2) is 33.0 Å². The lowest BCUT2D eigenvalue weighted by molar-refractivity contribution is -0.135.